The summed E-state index contributed by atoms with van der Waals surface area (Å²) in [6, 6.07) is 0.684. The van der Waals surface area contributed by atoms with E-state index in [1.165, 1.54) is 37.7 Å². The third-order valence-corrected chi connectivity index (χ3v) is 5.30. The predicted molar refractivity (Wildman–Crippen MR) is 89.3 cm³/mol. The lowest BCUT2D eigenvalue weighted by molar-refractivity contribution is 0.185. The van der Waals surface area contributed by atoms with Gasteiger partial charge in [-0.1, -0.05) is 20.8 Å². The molecule has 21 heavy (non-hydrogen) atoms. The van der Waals surface area contributed by atoms with Gasteiger partial charge in [-0.25, -0.2) is 0 Å². The van der Waals surface area contributed by atoms with Crippen LogP contribution in [0.5, 0.6) is 0 Å². The molecule has 1 aliphatic rings. The minimum Gasteiger partial charge on any atom is -0.314 e. The van der Waals surface area contributed by atoms with Crippen LogP contribution in [0.15, 0.2) is 12.4 Å². The van der Waals surface area contributed by atoms with Gasteiger partial charge in [-0.2, -0.15) is 5.10 Å². The van der Waals surface area contributed by atoms with Crippen molar-refractivity contribution in [2.75, 3.05) is 6.54 Å². The molecule has 1 heterocycles. The molecular weight excluding hydrogens is 258 g/mol. The molecule has 1 saturated carbocycles. The van der Waals surface area contributed by atoms with Crippen LogP contribution in [0.4, 0.5) is 0 Å². The van der Waals surface area contributed by atoms with Crippen molar-refractivity contribution in [2.24, 2.45) is 24.8 Å². The van der Waals surface area contributed by atoms with Gasteiger partial charge in [0.05, 0.1) is 6.20 Å². The van der Waals surface area contributed by atoms with Crippen LogP contribution in [-0.4, -0.2) is 22.4 Å². The summed E-state index contributed by atoms with van der Waals surface area (Å²) < 4.78 is 1.91. The van der Waals surface area contributed by atoms with Crippen LogP contribution in [0, 0.1) is 17.8 Å². The van der Waals surface area contributed by atoms with E-state index in [1.807, 2.05) is 17.9 Å². The van der Waals surface area contributed by atoms with E-state index in [-0.39, 0.29) is 0 Å². The highest BCUT2D eigenvalue weighted by Crippen LogP contribution is 2.35. The lowest BCUT2D eigenvalue weighted by Crippen LogP contribution is -2.38. The molecule has 1 aromatic rings. The Bertz CT molecular complexity index is 402. The van der Waals surface area contributed by atoms with Crippen molar-refractivity contribution in [1.82, 2.24) is 15.1 Å². The molecule has 1 unspecified atom stereocenters. The molecule has 0 radical (unpaired) electrons. The maximum absolute atomic E-state index is 4.28. The van der Waals surface area contributed by atoms with Crippen LogP contribution in [0.25, 0.3) is 0 Å². The maximum atomic E-state index is 4.28. The maximum Gasteiger partial charge on any atom is 0.0521 e. The number of rotatable bonds is 7. The van der Waals surface area contributed by atoms with E-state index in [2.05, 4.69) is 37.4 Å². The first kappa shape index (κ1) is 16.5. The summed E-state index contributed by atoms with van der Waals surface area (Å²) in [7, 11) is 2.00. The summed E-state index contributed by atoms with van der Waals surface area (Å²) in [6.45, 7) is 8.09. The minimum absolute atomic E-state index is 0.684. The zero-order valence-corrected chi connectivity index (χ0v) is 14.3. The average molecular weight is 291 g/mol. The Morgan fingerprint density at radius 2 is 1.90 bits per heavy atom. The molecule has 1 aliphatic carbocycles. The molecule has 2 rings (SSSR count). The average Bonchev–Trinajstić information content (AvgIpc) is 2.89. The molecule has 1 N–H and O–H groups in total. The number of hydrogen-bond donors (Lipinski definition) is 1. The second-order valence-electron chi connectivity index (χ2n) is 7.14. The second kappa shape index (κ2) is 7.98. The van der Waals surface area contributed by atoms with Crippen LogP contribution in [-0.2, 0) is 13.5 Å². The van der Waals surface area contributed by atoms with Gasteiger partial charge in [0.15, 0.2) is 0 Å². The zero-order valence-electron chi connectivity index (χ0n) is 14.3. The Morgan fingerprint density at radius 3 is 2.43 bits per heavy atom. The number of nitrogens with one attached hydrogen (secondary N) is 1. The Hall–Kier alpha value is -0.830. The van der Waals surface area contributed by atoms with Crippen molar-refractivity contribution in [3.63, 3.8) is 0 Å². The normalized spacial score (nSPS) is 24.4. The van der Waals surface area contributed by atoms with Crippen LogP contribution in [0.1, 0.15) is 58.4 Å². The van der Waals surface area contributed by atoms with Gasteiger partial charge in [0.2, 0.25) is 0 Å². The topological polar surface area (TPSA) is 29.9 Å². The van der Waals surface area contributed by atoms with Gasteiger partial charge in [0.25, 0.3) is 0 Å². The summed E-state index contributed by atoms with van der Waals surface area (Å²) in [5.74, 6) is 2.69. The molecular formula is C18H33N3. The van der Waals surface area contributed by atoms with Gasteiger partial charge in [-0.15, -0.1) is 0 Å². The molecule has 3 heteroatoms. The van der Waals surface area contributed by atoms with E-state index < -0.39 is 0 Å². The molecule has 0 bridgehead atoms. The third-order valence-electron chi connectivity index (χ3n) is 5.30. The SMILES string of the molecule is CCNC(CCc1cnn(C)c1)C1CCC(C(C)C)CC1. The summed E-state index contributed by atoms with van der Waals surface area (Å²) in [5, 5.41) is 8.02. The summed E-state index contributed by atoms with van der Waals surface area (Å²) in [5.41, 5.74) is 1.37. The van der Waals surface area contributed by atoms with Gasteiger partial charge in [0.1, 0.15) is 0 Å². The monoisotopic (exact) mass is 291 g/mol. The van der Waals surface area contributed by atoms with Gasteiger partial charge in [-0.05, 0) is 68.4 Å². The van der Waals surface area contributed by atoms with E-state index >= 15 is 0 Å². The number of aryl methyl sites for hydroxylation is 2. The largest absolute Gasteiger partial charge is 0.314 e. The second-order valence-corrected chi connectivity index (χ2v) is 7.14. The van der Waals surface area contributed by atoms with Crippen molar-refractivity contribution >= 4 is 0 Å². The van der Waals surface area contributed by atoms with E-state index in [9.17, 15) is 0 Å². The Morgan fingerprint density at radius 1 is 1.24 bits per heavy atom. The van der Waals surface area contributed by atoms with Gasteiger partial charge in [-0.3, -0.25) is 4.68 Å². The molecule has 3 nitrogen and oxygen atoms in total. The van der Waals surface area contributed by atoms with Gasteiger partial charge in [0, 0.05) is 19.3 Å². The fraction of sp³-hybridized carbons (Fsp3) is 0.833. The lowest BCUT2D eigenvalue weighted by atomic mass is 9.74. The zero-order chi connectivity index (χ0) is 15.2. The van der Waals surface area contributed by atoms with Crippen molar-refractivity contribution in [3.05, 3.63) is 18.0 Å². The van der Waals surface area contributed by atoms with Crippen molar-refractivity contribution in [2.45, 2.75) is 65.3 Å². The highest BCUT2D eigenvalue weighted by molar-refractivity contribution is 5.04. The Balaban J connectivity index is 1.84. The highest BCUT2D eigenvalue weighted by atomic mass is 15.2. The smallest absolute Gasteiger partial charge is 0.0521 e. The lowest BCUT2D eigenvalue weighted by Gasteiger charge is -2.36. The number of aromatic nitrogens is 2. The number of nitrogens with zero attached hydrogens (tertiary/aromatic N) is 2. The van der Waals surface area contributed by atoms with E-state index in [4.69, 9.17) is 0 Å². The molecule has 1 fully saturated rings. The fourth-order valence-corrected chi connectivity index (χ4v) is 3.90. The molecule has 0 aliphatic heterocycles. The molecule has 1 aromatic heterocycles. The van der Waals surface area contributed by atoms with Crippen molar-refractivity contribution in [3.8, 4) is 0 Å². The Labute approximate surface area is 130 Å². The van der Waals surface area contributed by atoms with E-state index in [1.54, 1.807) is 0 Å². The van der Waals surface area contributed by atoms with Crippen molar-refractivity contribution < 1.29 is 0 Å². The van der Waals surface area contributed by atoms with Crippen LogP contribution < -0.4 is 5.32 Å². The number of hydrogen-bond acceptors (Lipinski definition) is 2. The highest BCUT2D eigenvalue weighted by Gasteiger charge is 2.28. The molecule has 0 aromatic carbocycles. The van der Waals surface area contributed by atoms with Crippen LogP contribution >= 0.6 is 0 Å². The molecule has 0 amide bonds. The van der Waals surface area contributed by atoms with E-state index in [0.717, 1.165) is 30.7 Å². The summed E-state index contributed by atoms with van der Waals surface area (Å²) >= 11 is 0. The standard InChI is InChI=1S/C18H33N3/c1-5-19-18(11-6-15-12-20-21(4)13-15)17-9-7-16(8-10-17)14(2)3/h12-14,16-19H,5-11H2,1-4H3. The van der Waals surface area contributed by atoms with Crippen molar-refractivity contribution in [1.29, 1.82) is 0 Å². The Kier molecular flexibility index (Phi) is 6.28. The minimum atomic E-state index is 0.684. The molecule has 1 atom stereocenters. The summed E-state index contributed by atoms with van der Waals surface area (Å²) in [6.07, 6.45) is 12.2. The molecule has 0 saturated heterocycles. The first-order chi connectivity index (χ1) is 10.1. The molecule has 120 valence electrons. The van der Waals surface area contributed by atoms with E-state index in [0.29, 0.717) is 6.04 Å². The quantitative estimate of drug-likeness (QED) is 0.828. The van der Waals surface area contributed by atoms with Crippen LogP contribution in [0.2, 0.25) is 0 Å². The van der Waals surface area contributed by atoms with Crippen LogP contribution in [0.3, 0.4) is 0 Å². The predicted octanol–water partition coefficient (Wildman–Crippen LogP) is 3.79. The third kappa shape index (κ3) is 4.84. The molecule has 0 spiro atoms. The summed E-state index contributed by atoms with van der Waals surface area (Å²) in [4.78, 5) is 0. The first-order valence-corrected chi connectivity index (χ1v) is 8.81. The first-order valence-electron chi connectivity index (χ1n) is 8.81. The van der Waals surface area contributed by atoms with Gasteiger partial charge >= 0.3 is 0 Å². The fourth-order valence-electron chi connectivity index (χ4n) is 3.90. The van der Waals surface area contributed by atoms with Gasteiger partial charge < -0.3 is 5.32 Å².